The molecule has 5 heteroatoms. The van der Waals surface area contributed by atoms with Crippen LogP contribution < -0.4 is 5.32 Å². The molecular weight excluding hydrogens is 280 g/mol. The third-order valence-corrected chi connectivity index (χ3v) is 4.26. The minimum Gasteiger partial charge on any atom is -0.481 e. The lowest BCUT2D eigenvalue weighted by atomic mass is 10.00. The van der Waals surface area contributed by atoms with Gasteiger partial charge >= 0.3 is 12.0 Å². The summed E-state index contributed by atoms with van der Waals surface area (Å²) in [4.78, 5) is 25.0. The normalized spacial score (nSPS) is 17.6. The average Bonchev–Trinajstić information content (AvgIpc) is 2.98. The summed E-state index contributed by atoms with van der Waals surface area (Å²) in [5.41, 5.74) is 4.33. The van der Waals surface area contributed by atoms with Crippen LogP contribution in [0.4, 0.5) is 10.5 Å². The molecule has 0 radical (unpaired) electrons. The average molecular weight is 304 g/mol. The van der Waals surface area contributed by atoms with E-state index in [0.29, 0.717) is 13.0 Å². The van der Waals surface area contributed by atoms with Gasteiger partial charge in [-0.1, -0.05) is 31.5 Å². The number of benzene rings is 1. The zero-order valence-electron chi connectivity index (χ0n) is 13.5. The monoisotopic (exact) mass is 304 g/mol. The first-order valence-electron chi connectivity index (χ1n) is 7.87. The molecule has 1 saturated heterocycles. The number of likely N-dealkylation sites (tertiary alicyclic amines) is 1. The van der Waals surface area contributed by atoms with Gasteiger partial charge < -0.3 is 15.3 Å². The van der Waals surface area contributed by atoms with Gasteiger partial charge in [0.15, 0.2) is 0 Å². The number of hydrogen-bond acceptors (Lipinski definition) is 2. The molecule has 0 saturated carbocycles. The molecule has 1 aromatic carbocycles. The largest absolute Gasteiger partial charge is 0.481 e. The number of amides is 2. The molecule has 1 aliphatic rings. The Bertz CT molecular complexity index is 558. The van der Waals surface area contributed by atoms with Crippen LogP contribution in [0, 0.1) is 12.8 Å². The van der Waals surface area contributed by atoms with E-state index in [1.54, 1.807) is 4.90 Å². The Morgan fingerprint density at radius 3 is 2.32 bits per heavy atom. The van der Waals surface area contributed by atoms with Crippen molar-refractivity contribution in [1.29, 1.82) is 0 Å². The summed E-state index contributed by atoms with van der Waals surface area (Å²) in [5, 5.41) is 12.0. The van der Waals surface area contributed by atoms with Gasteiger partial charge in [0, 0.05) is 18.8 Å². The van der Waals surface area contributed by atoms with Crippen LogP contribution in [0.5, 0.6) is 0 Å². The second-order valence-corrected chi connectivity index (χ2v) is 5.87. The number of anilines is 1. The SMILES string of the molecule is CCc1cc(C)cc(CC)c1NC(=O)N1CCC(C(=O)O)C1. The number of carbonyl (C=O) groups is 2. The van der Waals surface area contributed by atoms with Crippen molar-refractivity contribution in [3.05, 3.63) is 28.8 Å². The summed E-state index contributed by atoms with van der Waals surface area (Å²) < 4.78 is 0. The van der Waals surface area contributed by atoms with Crippen LogP contribution in [0.3, 0.4) is 0 Å². The van der Waals surface area contributed by atoms with E-state index in [1.807, 2.05) is 0 Å². The highest BCUT2D eigenvalue weighted by Crippen LogP contribution is 2.26. The first kappa shape index (κ1) is 16.3. The van der Waals surface area contributed by atoms with Gasteiger partial charge in [0.2, 0.25) is 0 Å². The fourth-order valence-electron chi connectivity index (χ4n) is 2.99. The van der Waals surface area contributed by atoms with Crippen molar-refractivity contribution in [1.82, 2.24) is 4.90 Å². The third-order valence-electron chi connectivity index (χ3n) is 4.26. The molecule has 2 N–H and O–H groups in total. The lowest BCUT2D eigenvalue weighted by Gasteiger charge is -2.21. The molecule has 22 heavy (non-hydrogen) atoms. The van der Waals surface area contributed by atoms with Crippen LogP contribution in [0.1, 0.15) is 37.0 Å². The summed E-state index contributed by atoms with van der Waals surface area (Å²) in [6, 6.07) is 3.99. The minimum atomic E-state index is -0.825. The Morgan fingerprint density at radius 1 is 1.27 bits per heavy atom. The number of hydrogen-bond donors (Lipinski definition) is 2. The third kappa shape index (κ3) is 3.40. The first-order chi connectivity index (χ1) is 10.5. The van der Waals surface area contributed by atoms with Gasteiger partial charge in [0.05, 0.1) is 5.92 Å². The molecule has 2 amide bonds. The van der Waals surface area contributed by atoms with E-state index < -0.39 is 11.9 Å². The topological polar surface area (TPSA) is 69.6 Å². The Labute approximate surface area is 131 Å². The van der Waals surface area contributed by atoms with E-state index in [4.69, 9.17) is 5.11 Å². The fraction of sp³-hybridized carbons (Fsp3) is 0.529. The highest BCUT2D eigenvalue weighted by Gasteiger charge is 2.31. The van der Waals surface area contributed by atoms with E-state index >= 15 is 0 Å². The molecule has 0 aromatic heterocycles. The van der Waals surface area contributed by atoms with Crippen molar-refractivity contribution in [2.45, 2.75) is 40.0 Å². The van der Waals surface area contributed by atoms with Crippen molar-refractivity contribution in [2.24, 2.45) is 5.92 Å². The van der Waals surface area contributed by atoms with Crippen molar-refractivity contribution in [2.75, 3.05) is 18.4 Å². The molecule has 1 aliphatic heterocycles. The van der Waals surface area contributed by atoms with Gasteiger partial charge in [-0.05, 0) is 37.3 Å². The molecule has 5 nitrogen and oxygen atoms in total. The lowest BCUT2D eigenvalue weighted by molar-refractivity contribution is -0.141. The Balaban J connectivity index is 2.17. The van der Waals surface area contributed by atoms with E-state index in [0.717, 1.165) is 29.7 Å². The lowest BCUT2D eigenvalue weighted by Crippen LogP contribution is -2.34. The number of nitrogens with one attached hydrogen (secondary N) is 1. The molecule has 0 spiro atoms. The van der Waals surface area contributed by atoms with E-state index in [-0.39, 0.29) is 12.6 Å². The van der Waals surface area contributed by atoms with Crippen molar-refractivity contribution in [3.63, 3.8) is 0 Å². The van der Waals surface area contributed by atoms with Crippen LogP contribution in [0.15, 0.2) is 12.1 Å². The summed E-state index contributed by atoms with van der Waals surface area (Å²) in [7, 11) is 0. The summed E-state index contributed by atoms with van der Waals surface area (Å²) >= 11 is 0. The van der Waals surface area contributed by atoms with E-state index in [1.165, 1.54) is 5.56 Å². The highest BCUT2D eigenvalue weighted by molar-refractivity contribution is 5.92. The maximum absolute atomic E-state index is 12.4. The van der Waals surface area contributed by atoms with Crippen LogP contribution in [-0.4, -0.2) is 35.1 Å². The maximum Gasteiger partial charge on any atom is 0.321 e. The van der Waals surface area contributed by atoms with Crippen LogP contribution >= 0.6 is 0 Å². The molecule has 1 heterocycles. The van der Waals surface area contributed by atoms with Gasteiger partial charge in [-0.25, -0.2) is 4.79 Å². The molecule has 1 atom stereocenters. The van der Waals surface area contributed by atoms with Crippen LogP contribution in [0.25, 0.3) is 0 Å². The second kappa shape index (κ2) is 6.81. The van der Waals surface area contributed by atoms with E-state index in [9.17, 15) is 9.59 Å². The zero-order chi connectivity index (χ0) is 16.3. The number of aryl methyl sites for hydroxylation is 3. The first-order valence-corrected chi connectivity index (χ1v) is 7.87. The minimum absolute atomic E-state index is 0.197. The fourth-order valence-corrected chi connectivity index (χ4v) is 2.99. The Hall–Kier alpha value is -2.04. The number of nitrogens with zero attached hydrogens (tertiary/aromatic N) is 1. The van der Waals surface area contributed by atoms with E-state index in [2.05, 4.69) is 38.2 Å². The quantitative estimate of drug-likeness (QED) is 0.898. The van der Waals surface area contributed by atoms with Crippen LogP contribution in [-0.2, 0) is 17.6 Å². The number of carbonyl (C=O) groups excluding carboxylic acids is 1. The number of carboxylic acid groups (broad SMARTS) is 1. The summed E-state index contributed by atoms with van der Waals surface area (Å²) in [6.45, 7) is 6.98. The summed E-state index contributed by atoms with van der Waals surface area (Å²) in [6.07, 6.45) is 2.22. The predicted octanol–water partition coefficient (Wildman–Crippen LogP) is 3.06. The van der Waals surface area contributed by atoms with Crippen molar-refractivity contribution in [3.8, 4) is 0 Å². The smallest absolute Gasteiger partial charge is 0.321 e. The summed E-state index contributed by atoms with van der Waals surface area (Å²) in [5.74, 6) is -1.27. The van der Waals surface area contributed by atoms with Gasteiger partial charge in [-0.15, -0.1) is 0 Å². The number of aliphatic carboxylic acids is 1. The van der Waals surface area contributed by atoms with Crippen LogP contribution in [0.2, 0.25) is 0 Å². The second-order valence-electron chi connectivity index (χ2n) is 5.87. The van der Waals surface area contributed by atoms with Gasteiger partial charge in [0.25, 0.3) is 0 Å². The number of urea groups is 1. The Kier molecular flexibility index (Phi) is 5.06. The predicted molar refractivity (Wildman–Crippen MR) is 86.3 cm³/mol. The molecule has 120 valence electrons. The molecule has 2 rings (SSSR count). The molecule has 1 unspecified atom stereocenters. The molecule has 1 aromatic rings. The molecule has 0 bridgehead atoms. The van der Waals surface area contributed by atoms with Gasteiger partial charge in [0.1, 0.15) is 0 Å². The van der Waals surface area contributed by atoms with Crippen molar-refractivity contribution >= 4 is 17.7 Å². The van der Waals surface area contributed by atoms with Crippen molar-refractivity contribution < 1.29 is 14.7 Å². The van der Waals surface area contributed by atoms with Gasteiger partial charge in [-0.3, -0.25) is 4.79 Å². The highest BCUT2D eigenvalue weighted by atomic mass is 16.4. The number of carboxylic acids is 1. The number of rotatable bonds is 4. The zero-order valence-corrected chi connectivity index (χ0v) is 13.5. The standard InChI is InChI=1S/C17H24N2O3/c1-4-12-8-11(3)9-13(5-2)15(12)18-17(22)19-7-6-14(10-19)16(20)21/h8-9,14H,4-7,10H2,1-3H3,(H,18,22)(H,20,21). The Morgan fingerprint density at radius 2 is 1.86 bits per heavy atom. The molecule has 0 aliphatic carbocycles. The maximum atomic E-state index is 12.4. The molecular formula is C17H24N2O3. The van der Waals surface area contributed by atoms with Gasteiger partial charge in [-0.2, -0.15) is 0 Å². The molecule has 1 fully saturated rings.